The molecule has 4 nitrogen and oxygen atoms in total. The lowest BCUT2D eigenvalue weighted by atomic mass is 10.2. The number of anilines is 1. The van der Waals surface area contributed by atoms with Crippen LogP contribution in [-0.2, 0) is 17.8 Å². The second-order valence-corrected chi connectivity index (χ2v) is 3.82. The van der Waals surface area contributed by atoms with E-state index in [2.05, 4.69) is 22.5 Å². The molecule has 0 radical (unpaired) electrons. The van der Waals surface area contributed by atoms with Gasteiger partial charge in [0.25, 0.3) is 0 Å². The van der Waals surface area contributed by atoms with Gasteiger partial charge < -0.3 is 10.1 Å². The highest BCUT2D eigenvalue weighted by molar-refractivity contribution is 5.39. The monoisotopic (exact) mass is 231 g/mol. The molecule has 1 aromatic heterocycles. The second-order valence-electron chi connectivity index (χ2n) is 3.82. The molecule has 1 heterocycles. The Labute approximate surface area is 101 Å². The lowest BCUT2D eigenvalue weighted by molar-refractivity contribution is 0.183. The predicted octanol–water partition coefficient (Wildman–Crippen LogP) is 2.14. The molecule has 0 unspecified atom stereocenters. The topological polar surface area (TPSA) is 39.1 Å². The van der Waals surface area contributed by atoms with Crippen LogP contribution in [0.1, 0.15) is 5.56 Å². The van der Waals surface area contributed by atoms with E-state index in [1.54, 1.807) is 7.11 Å². The largest absolute Gasteiger partial charge is 0.383 e. The molecule has 1 N–H and O–H groups in total. The van der Waals surface area contributed by atoms with E-state index in [0.29, 0.717) is 6.61 Å². The number of nitrogens with zero attached hydrogens (tertiary/aromatic N) is 2. The second kappa shape index (κ2) is 6.06. The van der Waals surface area contributed by atoms with Crippen molar-refractivity contribution in [2.75, 3.05) is 19.0 Å². The van der Waals surface area contributed by atoms with Crippen molar-refractivity contribution in [2.24, 2.45) is 0 Å². The number of methoxy groups -OCH3 is 1. The van der Waals surface area contributed by atoms with Gasteiger partial charge in [-0.15, -0.1) is 0 Å². The summed E-state index contributed by atoms with van der Waals surface area (Å²) in [5.74, 6) is 0. The Bertz CT molecular complexity index is 439. The first-order chi connectivity index (χ1) is 8.38. The zero-order chi connectivity index (χ0) is 11.9. The van der Waals surface area contributed by atoms with Gasteiger partial charge in [0.1, 0.15) is 0 Å². The summed E-state index contributed by atoms with van der Waals surface area (Å²) in [7, 11) is 1.69. The molecule has 0 saturated heterocycles. The van der Waals surface area contributed by atoms with E-state index in [1.165, 1.54) is 5.56 Å². The highest BCUT2D eigenvalue weighted by Gasteiger charge is 1.98. The SMILES string of the molecule is COCCn1cc(NCc2ccccc2)cn1. The molecule has 0 fully saturated rings. The summed E-state index contributed by atoms with van der Waals surface area (Å²) < 4.78 is 6.87. The molecule has 0 aliphatic carbocycles. The summed E-state index contributed by atoms with van der Waals surface area (Å²) in [4.78, 5) is 0. The van der Waals surface area contributed by atoms with Crippen LogP contribution in [0.3, 0.4) is 0 Å². The molecule has 0 atom stereocenters. The molecule has 0 spiro atoms. The zero-order valence-corrected chi connectivity index (χ0v) is 9.97. The third-order valence-corrected chi connectivity index (χ3v) is 2.50. The number of hydrogen-bond donors (Lipinski definition) is 1. The lowest BCUT2D eigenvalue weighted by Crippen LogP contribution is -2.04. The van der Waals surface area contributed by atoms with E-state index in [9.17, 15) is 0 Å². The first kappa shape index (κ1) is 11.7. The van der Waals surface area contributed by atoms with E-state index in [-0.39, 0.29) is 0 Å². The summed E-state index contributed by atoms with van der Waals surface area (Å²) in [5, 5.41) is 7.57. The van der Waals surface area contributed by atoms with Crippen molar-refractivity contribution < 1.29 is 4.74 Å². The van der Waals surface area contributed by atoms with Gasteiger partial charge in [0.2, 0.25) is 0 Å². The predicted molar refractivity (Wildman–Crippen MR) is 67.9 cm³/mol. The van der Waals surface area contributed by atoms with Gasteiger partial charge in [0.15, 0.2) is 0 Å². The number of rotatable bonds is 6. The van der Waals surface area contributed by atoms with Gasteiger partial charge in [-0.3, -0.25) is 4.68 Å². The van der Waals surface area contributed by atoms with Crippen LogP contribution in [0.4, 0.5) is 5.69 Å². The minimum absolute atomic E-state index is 0.680. The number of hydrogen-bond acceptors (Lipinski definition) is 3. The molecule has 0 aliphatic heterocycles. The van der Waals surface area contributed by atoms with E-state index in [4.69, 9.17) is 4.74 Å². The zero-order valence-electron chi connectivity index (χ0n) is 9.97. The Morgan fingerprint density at radius 3 is 2.88 bits per heavy atom. The maximum absolute atomic E-state index is 5.00. The normalized spacial score (nSPS) is 10.4. The van der Waals surface area contributed by atoms with E-state index < -0.39 is 0 Å². The molecule has 0 amide bonds. The van der Waals surface area contributed by atoms with Crippen LogP contribution in [0.5, 0.6) is 0 Å². The summed E-state index contributed by atoms with van der Waals surface area (Å²) >= 11 is 0. The standard InChI is InChI=1S/C13H17N3O/c1-17-8-7-16-11-13(10-15-16)14-9-12-5-3-2-4-6-12/h2-6,10-11,14H,7-9H2,1H3. The van der Waals surface area contributed by atoms with Crippen molar-refractivity contribution in [3.63, 3.8) is 0 Å². The quantitative estimate of drug-likeness (QED) is 0.828. The van der Waals surface area contributed by atoms with Crippen molar-refractivity contribution in [1.82, 2.24) is 9.78 Å². The average molecular weight is 231 g/mol. The summed E-state index contributed by atoms with van der Waals surface area (Å²) in [6.45, 7) is 2.28. The summed E-state index contributed by atoms with van der Waals surface area (Å²) in [5.41, 5.74) is 2.29. The first-order valence-electron chi connectivity index (χ1n) is 5.67. The van der Waals surface area contributed by atoms with Crippen LogP contribution in [0.15, 0.2) is 42.7 Å². The van der Waals surface area contributed by atoms with Crippen molar-refractivity contribution in [3.05, 3.63) is 48.3 Å². The van der Waals surface area contributed by atoms with Crippen molar-refractivity contribution >= 4 is 5.69 Å². The molecule has 0 aliphatic rings. The smallest absolute Gasteiger partial charge is 0.0729 e. The van der Waals surface area contributed by atoms with Crippen molar-refractivity contribution in [3.8, 4) is 0 Å². The lowest BCUT2D eigenvalue weighted by Gasteiger charge is -2.03. The molecule has 2 aromatic rings. The Balaban J connectivity index is 1.85. The van der Waals surface area contributed by atoms with Crippen molar-refractivity contribution in [2.45, 2.75) is 13.1 Å². The van der Waals surface area contributed by atoms with Gasteiger partial charge in [-0.1, -0.05) is 30.3 Å². The molecule has 2 rings (SSSR count). The van der Waals surface area contributed by atoms with Crippen LogP contribution < -0.4 is 5.32 Å². The van der Waals surface area contributed by atoms with Gasteiger partial charge >= 0.3 is 0 Å². The van der Waals surface area contributed by atoms with Crippen LogP contribution in [0.2, 0.25) is 0 Å². The van der Waals surface area contributed by atoms with Crippen LogP contribution in [0, 0.1) is 0 Å². The van der Waals surface area contributed by atoms with E-state index >= 15 is 0 Å². The maximum Gasteiger partial charge on any atom is 0.0729 e. The van der Waals surface area contributed by atoms with Crippen LogP contribution in [0.25, 0.3) is 0 Å². The van der Waals surface area contributed by atoms with Gasteiger partial charge in [-0.2, -0.15) is 5.10 Å². The fourth-order valence-electron chi connectivity index (χ4n) is 1.56. The van der Waals surface area contributed by atoms with Crippen molar-refractivity contribution in [1.29, 1.82) is 0 Å². The molecule has 1 aromatic carbocycles. The van der Waals surface area contributed by atoms with Gasteiger partial charge in [0, 0.05) is 19.9 Å². The minimum atomic E-state index is 0.680. The maximum atomic E-state index is 5.00. The molecule has 90 valence electrons. The molecule has 17 heavy (non-hydrogen) atoms. The Kier molecular flexibility index (Phi) is 4.16. The fourth-order valence-corrected chi connectivity index (χ4v) is 1.56. The summed E-state index contributed by atoms with van der Waals surface area (Å²) in [6, 6.07) is 10.3. The first-order valence-corrected chi connectivity index (χ1v) is 5.67. The Morgan fingerprint density at radius 1 is 1.29 bits per heavy atom. The highest BCUT2D eigenvalue weighted by atomic mass is 16.5. The highest BCUT2D eigenvalue weighted by Crippen LogP contribution is 2.07. The van der Waals surface area contributed by atoms with E-state index in [0.717, 1.165) is 18.8 Å². The molecular formula is C13H17N3O. The fraction of sp³-hybridized carbons (Fsp3) is 0.308. The average Bonchev–Trinajstić information content (AvgIpc) is 2.83. The third-order valence-electron chi connectivity index (χ3n) is 2.50. The van der Waals surface area contributed by atoms with Crippen LogP contribution in [-0.4, -0.2) is 23.5 Å². The molecule has 4 heteroatoms. The number of aromatic nitrogens is 2. The molecular weight excluding hydrogens is 214 g/mol. The van der Waals surface area contributed by atoms with Gasteiger partial charge in [0.05, 0.1) is 25.0 Å². The van der Waals surface area contributed by atoms with Gasteiger partial charge in [-0.25, -0.2) is 0 Å². The summed E-state index contributed by atoms with van der Waals surface area (Å²) in [6.07, 6.45) is 3.82. The Hall–Kier alpha value is -1.81. The van der Waals surface area contributed by atoms with E-state index in [1.807, 2.05) is 35.3 Å². The Morgan fingerprint density at radius 2 is 2.12 bits per heavy atom. The number of nitrogens with one attached hydrogen (secondary N) is 1. The number of benzene rings is 1. The number of ether oxygens (including phenoxy) is 1. The van der Waals surface area contributed by atoms with Gasteiger partial charge in [-0.05, 0) is 5.56 Å². The molecule has 0 saturated carbocycles. The van der Waals surface area contributed by atoms with Crippen LogP contribution >= 0.6 is 0 Å². The minimum Gasteiger partial charge on any atom is -0.383 e. The molecule has 0 bridgehead atoms. The third kappa shape index (κ3) is 3.60.